The SMILES string of the molecule is CCc1ccccc1-c1nc(N(C)C)c2cc(C)ccc2n1. The van der Waals surface area contributed by atoms with Crippen molar-refractivity contribution in [3.8, 4) is 11.4 Å². The van der Waals surface area contributed by atoms with Crippen LogP contribution in [0.1, 0.15) is 18.1 Å². The van der Waals surface area contributed by atoms with Gasteiger partial charge >= 0.3 is 0 Å². The molecule has 0 saturated heterocycles. The smallest absolute Gasteiger partial charge is 0.162 e. The Labute approximate surface area is 131 Å². The Morgan fingerprint density at radius 2 is 1.77 bits per heavy atom. The van der Waals surface area contributed by atoms with E-state index >= 15 is 0 Å². The minimum atomic E-state index is 0.803. The standard InChI is InChI=1S/C19H21N3/c1-5-14-8-6-7-9-15(14)18-20-17-11-10-13(2)12-16(17)19(21-18)22(3)4/h6-12H,5H2,1-4H3. The molecule has 0 bridgehead atoms. The van der Waals surface area contributed by atoms with Gasteiger partial charge in [-0.25, -0.2) is 9.97 Å². The molecule has 0 N–H and O–H groups in total. The third-order valence-corrected chi connectivity index (χ3v) is 3.89. The molecule has 22 heavy (non-hydrogen) atoms. The van der Waals surface area contributed by atoms with E-state index in [1.54, 1.807) is 0 Å². The van der Waals surface area contributed by atoms with Crippen LogP contribution >= 0.6 is 0 Å². The molecule has 0 saturated carbocycles. The van der Waals surface area contributed by atoms with E-state index in [9.17, 15) is 0 Å². The lowest BCUT2D eigenvalue weighted by Crippen LogP contribution is -2.12. The maximum atomic E-state index is 4.84. The molecule has 3 nitrogen and oxygen atoms in total. The molecule has 3 rings (SSSR count). The van der Waals surface area contributed by atoms with Gasteiger partial charge in [0, 0.05) is 25.0 Å². The Hall–Kier alpha value is -2.42. The Bertz CT molecular complexity index is 822. The van der Waals surface area contributed by atoms with Crippen LogP contribution in [0.4, 0.5) is 5.82 Å². The molecule has 1 heterocycles. The number of fused-ring (bicyclic) bond motifs is 1. The molecule has 0 radical (unpaired) electrons. The molecule has 0 fully saturated rings. The number of hydrogen-bond donors (Lipinski definition) is 0. The molecule has 0 aliphatic heterocycles. The maximum Gasteiger partial charge on any atom is 0.162 e. The van der Waals surface area contributed by atoms with Crippen molar-refractivity contribution in [3.63, 3.8) is 0 Å². The van der Waals surface area contributed by atoms with Crippen molar-refractivity contribution in [3.05, 3.63) is 53.6 Å². The van der Waals surface area contributed by atoms with Crippen LogP contribution in [-0.4, -0.2) is 24.1 Å². The highest BCUT2D eigenvalue weighted by molar-refractivity contribution is 5.91. The zero-order chi connectivity index (χ0) is 15.7. The number of anilines is 1. The van der Waals surface area contributed by atoms with Crippen LogP contribution in [0.3, 0.4) is 0 Å². The van der Waals surface area contributed by atoms with Gasteiger partial charge in [0.2, 0.25) is 0 Å². The summed E-state index contributed by atoms with van der Waals surface area (Å²) in [6, 6.07) is 14.7. The summed E-state index contributed by atoms with van der Waals surface area (Å²) in [7, 11) is 4.05. The third kappa shape index (κ3) is 2.54. The lowest BCUT2D eigenvalue weighted by molar-refractivity contribution is 1.06. The second-order valence-electron chi connectivity index (χ2n) is 5.80. The number of aryl methyl sites for hydroxylation is 2. The van der Waals surface area contributed by atoms with Gasteiger partial charge in [0.15, 0.2) is 5.82 Å². The van der Waals surface area contributed by atoms with E-state index in [-0.39, 0.29) is 0 Å². The number of hydrogen-bond acceptors (Lipinski definition) is 3. The zero-order valence-corrected chi connectivity index (χ0v) is 13.6. The second-order valence-corrected chi connectivity index (χ2v) is 5.80. The fraction of sp³-hybridized carbons (Fsp3) is 0.263. The molecule has 1 aromatic heterocycles. The first-order valence-electron chi connectivity index (χ1n) is 7.64. The number of benzene rings is 2. The zero-order valence-electron chi connectivity index (χ0n) is 13.6. The summed E-state index contributed by atoms with van der Waals surface area (Å²) in [5, 5.41) is 1.10. The fourth-order valence-electron chi connectivity index (χ4n) is 2.73. The van der Waals surface area contributed by atoms with Crippen LogP contribution in [0.2, 0.25) is 0 Å². The van der Waals surface area contributed by atoms with Crippen LogP contribution in [-0.2, 0) is 6.42 Å². The summed E-state index contributed by atoms with van der Waals surface area (Å²) < 4.78 is 0. The molecule has 0 spiro atoms. The van der Waals surface area contributed by atoms with Gasteiger partial charge in [-0.05, 0) is 31.0 Å². The predicted molar refractivity (Wildman–Crippen MR) is 93.4 cm³/mol. The quantitative estimate of drug-likeness (QED) is 0.723. The summed E-state index contributed by atoms with van der Waals surface area (Å²) in [5.41, 5.74) is 4.61. The van der Waals surface area contributed by atoms with Crippen molar-refractivity contribution in [1.29, 1.82) is 0 Å². The average Bonchev–Trinajstić information content (AvgIpc) is 2.53. The molecule has 2 aromatic carbocycles. The van der Waals surface area contributed by atoms with E-state index in [1.807, 2.05) is 20.2 Å². The molecular formula is C19H21N3. The number of nitrogens with zero attached hydrogens (tertiary/aromatic N) is 3. The molecule has 3 aromatic rings. The molecular weight excluding hydrogens is 270 g/mol. The lowest BCUT2D eigenvalue weighted by atomic mass is 10.0. The van der Waals surface area contributed by atoms with Gasteiger partial charge in [-0.1, -0.05) is 42.8 Å². The van der Waals surface area contributed by atoms with Gasteiger partial charge in [0.1, 0.15) is 5.82 Å². The van der Waals surface area contributed by atoms with E-state index in [0.717, 1.165) is 34.5 Å². The minimum absolute atomic E-state index is 0.803. The van der Waals surface area contributed by atoms with Gasteiger partial charge in [-0.15, -0.1) is 0 Å². The van der Waals surface area contributed by atoms with Crippen molar-refractivity contribution >= 4 is 16.7 Å². The third-order valence-electron chi connectivity index (χ3n) is 3.89. The van der Waals surface area contributed by atoms with E-state index in [0.29, 0.717) is 0 Å². The summed E-state index contributed by atoms with van der Waals surface area (Å²) in [5.74, 6) is 1.77. The summed E-state index contributed by atoms with van der Waals surface area (Å²) in [6.07, 6.45) is 0.975. The molecule has 0 aliphatic rings. The molecule has 3 heteroatoms. The van der Waals surface area contributed by atoms with E-state index in [4.69, 9.17) is 9.97 Å². The van der Waals surface area contributed by atoms with Crippen molar-refractivity contribution in [2.75, 3.05) is 19.0 Å². The van der Waals surface area contributed by atoms with Crippen LogP contribution < -0.4 is 4.90 Å². The summed E-state index contributed by atoms with van der Waals surface area (Å²) in [6.45, 7) is 4.26. The van der Waals surface area contributed by atoms with Crippen molar-refractivity contribution < 1.29 is 0 Å². The van der Waals surface area contributed by atoms with Crippen molar-refractivity contribution in [2.45, 2.75) is 20.3 Å². The monoisotopic (exact) mass is 291 g/mol. The van der Waals surface area contributed by atoms with Gasteiger partial charge in [-0.2, -0.15) is 0 Å². The Morgan fingerprint density at radius 3 is 2.50 bits per heavy atom. The predicted octanol–water partition coefficient (Wildman–Crippen LogP) is 4.23. The van der Waals surface area contributed by atoms with E-state index in [2.05, 4.69) is 55.1 Å². The van der Waals surface area contributed by atoms with Crippen LogP contribution in [0.15, 0.2) is 42.5 Å². The summed E-state index contributed by atoms with van der Waals surface area (Å²) >= 11 is 0. The lowest BCUT2D eigenvalue weighted by Gasteiger charge is -2.16. The highest BCUT2D eigenvalue weighted by Crippen LogP contribution is 2.28. The molecule has 112 valence electrons. The van der Waals surface area contributed by atoms with E-state index in [1.165, 1.54) is 11.1 Å². The van der Waals surface area contributed by atoms with Crippen molar-refractivity contribution in [2.24, 2.45) is 0 Å². The second kappa shape index (κ2) is 5.76. The van der Waals surface area contributed by atoms with E-state index < -0.39 is 0 Å². The number of rotatable bonds is 3. The molecule has 0 amide bonds. The van der Waals surface area contributed by atoms with Crippen LogP contribution in [0, 0.1) is 6.92 Å². The Kier molecular flexibility index (Phi) is 3.80. The van der Waals surface area contributed by atoms with Gasteiger partial charge in [0.25, 0.3) is 0 Å². The van der Waals surface area contributed by atoms with Crippen LogP contribution in [0.25, 0.3) is 22.3 Å². The highest BCUT2D eigenvalue weighted by atomic mass is 15.2. The Morgan fingerprint density at radius 1 is 1.00 bits per heavy atom. The van der Waals surface area contributed by atoms with Gasteiger partial charge < -0.3 is 4.90 Å². The average molecular weight is 291 g/mol. The molecule has 0 aliphatic carbocycles. The van der Waals surface area contributed by atoms with Gasteiger partial charge in [0.05, 0.1) is 5.52 Å². The Balaban J connectivity index is 2.30. The fourth-order valence-corrected chi connectivity index (χ4v) is 2.73. The summed E-state index contributed by atoms with van der Waals surface area (Å²) in [4.78, 5) is 11.7. The molecule has 0 atom stereocenters. The highest BCUT2D eigenvalue weighted by Gasteiger charge is 2.13. The minimum Gasteiger partial charge on any atom is -0.362 e. The van der Waals surface area contributed by atoms with Crippen LogP contribution in [0.5, 0.6) is 0 Å². The first-order valence-corrected chi connectivity index (χ1v) is 7.64. The van der Waals surface area contributed by atoms with Crippen molar-refractivity contribution in [1.82, 2.24) is 9.97 Å². The van der Waals surface area contributed by atoms with Gasteiger partial charge in [-0.3, -0.25) is 0 Å². The largest absolute Gasteiger partial charge is 0.362 e. The first kappa shape index (κ1) is 14.5. The maximum absolute atomic E-state index is 4.84. The number of aromatic nitrogens is 2. The molecule has 0 unspecified atom stereocenters. The first-order chi connectivity index (χ1) is 10.6. The topological polar surface area (TPSA) is 29.0 Å². The normalized spacial score (nSPS) is 10.9.